The third kappa shape index (κ3) is 77.7. The summed E-state index contributed by atoms with van der Waals surface area (Å²) >= 11 is 0. The van der Waals surface area contributed by atoms with Crippen molar-refractivity contribution in [2.45, 2.75) is 54.4 Å². The van der Waals surface area contributed by atoms with Crippen LogP contribution >= 0.6 is 0 Å². The van der Waals surface area contributed by atoms with E-state index in [1.165, 1.54) is 18.4 Å². The van der Waals surface area contributed by atoms with Gasteiger partial charge in [-0.05, 0) is 18.8 Å². The van der Waals surface area contributed by atoms with E-state index in [9.17, 15) is 0 Å². The van der Waals surface area contributed by atoms with Crippen molar-refractivity contribution in [2.24, 2.45) is 5.41 Å². The van der Waals surface area contributed by atoms with Crippen molar-refractivity contribution in [1.82, 2.24) is 0 Å². The lowest BCUT2D eigenvalue weighted by Gasteiger charge is -2.05. The van der Waals surface area contributed by atoms with E-state index < -0.39 is 0 Å². The molecular formula is C11H24. The largest absolute Gasteiger partial charge is 0.100 e. The molecule has 0 aliphatic carbocycles. The average molecular weight is 156 g/mol. The molecule has 68 valence electrons. The average Bonchev–Trinajstić information content (AvgIpc) is 1.58. The third-order valence-electron chi connectivity index (χ3n) is 0.677. The number of allylic oxidation sites excluding steroid dienone is 1. The quantitative estimate of drug-likeness (QED) is 0.519. The summed E-state index contributed by atoms with van der Waals surface area (Å²) in [5.41, 5.74) is 1.79. The van der Waals surface area contributed by atoms with Gasteiger partial charge >= 0.3 is 0 Å². The fourth-order valence-electron chi connectivity index (χ4n) is 0.427. The van der Waals surface area contributed by atoms with Gasteiger partial charge in [0.2, 0.25) is 0 Å². The monoisotopic (exact) mass is 156 g/mol. The summed E-state index contributed by atoms with van der Waals surface area (Å²) in [6.45, 7) is 16.7. The van der Waals surface area contributed by atoms with Crippen LogP contribution in [0.15, 0.2) is 12.2 Å². The van der Waals surface area contributed by atoms with Gasteiger partial charge in [-0.25, -0.2) is 0 Å². The lowest BCUT2D eigenvalue weighted by Crippen LogP contribution is -1.93. The molecule has 0 atom stereocenters. The lowest BCUT2D eigenvalue weighted by atomic mass is 10.0. The van der Waals surface area contributed by atoms with Crippen LogP contribution in [0.25, 0.3) is 0 Å². The van der Waals surface area contributed by atoms with Crippen LogP contribution in [0.3, 0.4) is 0 Å². The lowest BCUT2D eigenvalue weighted by molar-refractivity contribution is 0.469. The summed E-state index contributed by atoms with van der Waals surface area (Å²) in [4.78, 5) is 0. The summed E-state index contributed by atoms with van der Waals surface area (Å²) < 4.78 is 0. The normalized spacial score (nSPS) is 10.0. The smallest absolute Gasteiger partial charge is 0.0328 e. The Kier molecular flexibility index (Phi) is 7.82. The first-order valence-corrected chi connectivity index (χ1v) is 4.41. The molecule has 0 bridgehead atoms. The number of hydrogen-bond acceptors (Lipinski definition) is 0. The highest BCUT2D eigenvalue weighted by Crippen LogP contribution is 2.08. The fourth-order valence-corrected chi connectivity index (χ4v) is 0.427. The second-order valence-electron chi connectivity index (χ2n) is 4.71. The second-order valence-corrected chi connectivity index (χ2v) is 4.71. The molecule has 0 nitrogen and oxygen atoms in total. The third-order valence-corrected chi connectivity index (χ3v) is 0.677. The van der Waals surface area contributed by atoms with Crippen molar-refractivity contribution >= 4 is 0 Å². The fraction of sp³-hybridized carbons (Fsp3) is 0.818. The van der Waals surface area contributed by atoms with Crippen LogP contribution in [0.2, 0.25) is 0 Å². The zero-order valence-electron chi connectivity index (χ0n) is 9.12. The van der Waals surface area contributed by atoms with Crippen molar-refractivity contribution in [2.75, 3.05) is 0 Å². The van der Waals surface area contributed by atoms with Gasteiger partial charge in [0, 0.05) is 0 Å². The predicted molar refractivity (Wildman–Crippen MR) is 54.9 cm³/mol. The topological polar surface area (TPSA) is 0 Å². The number of hydrogen-bond donors (Lipinski definition) is 0. The van der Waals surface area contributed by atoms with Gasteiger partial charge in [-0.1, -0.05) is 46.6 Å². The maximum atomic E-state index is 3.74. The van der Waals surface area contributed by atoms with Gasteiger partial charge in [0.15, 0.2) is 0 Å². The van der Waals surface area contributed by atoms with Gasteiger partial charge in [0.1, 0.15) is 0 Å². The Labute approximate surface area is 72.7 Å². The van der Waals surface area contributed by atoms with Crippen LogP contribution in [0.5, 0.6) is 0 Å². The molecule has 0 N–H and O–H groups in total. The van der Waals surface area contributed by atoms with Gasteiger partial charge in [-0.2, -0.15) is 0 Å². The summed E-state index contributed by atoms with van der Waals surface area (Å²) in [6, 6.07) is 0. The van der Waals surface area contributed by atoms with E-state index in [-0.39, 0.29) is 0 Å². The minimum absolute atomic E-state index is 0.500. The van der Waals surface area contributed by atoms with Gasteiger partial charge in [-0.3, -0.25) is 0 Å². The molecule has 0 saturated heterocycles. The van der Waals surface area contributed by atoms with Crippen molar-refractivity contribution < 1.29 is 0 Å². The zero-order chi connectivity index (χ0) is 9.49. The summed E-state index contributed by atoms with van der Waals surface area (Å²) in [7, 11) is 0. The van der Waals surface area contributed by atoms with Crippen LogP contribution in [-0.4, -0.2) is 0 Å². The maximum Gasteiger partial charge on any atom is -0.0328 e. The molecular weight excluding hydrogens is 132 g/mol. The highest BCUT2D eigenvalue weighted by molar-refractivity contribution is 4.86. The molecule has 0 amide bonds. The van der Waals surface area contributed by atoms with E-state index in [1.54, 1.807) is 0 Å². The standard InChI is InChI=1S/C6H12.C5H12/c1-4-5-6(2)3;1-5(2,3)4/h2,4-5H2,1,3H3;1-4H3. The van der Waals surface area contributed by atoms with E-state index in [4.69, 9.17) is 0 Å². The molecule has 0 aromatic rings. The number of rotatable bonds is 2. The van der Waals surface area contributed by atoms with Crippen molar-refractivity contribution in [1.29, 1.82) is 0 Å². The first kappa shape index (κ1) is 13.3. The Bertz CT molecular complexity index is 87.1. The molecule has 0 fully saturated rings. The molecule has 0 radical (unpaired) electrons. The minimum atomic E-state index is 0.500. The molecule has 0 aliphatic rings. The molecule has 11 heavy (non-hydrogen) atoms. The molecule has 0 saturated carbocycles. The summed E-state index contributed by atoms with van der Waals surface area (Å²) in [6.07, 6.45) is 2.41. The van der Waals surface area contributed by atoms with Crippen molar-refractivity contribution in [3.8, 4) is 0 Å². The van der Waals surface area contributed by atoms with Crippen LogP contribution < -0.4 is 0 Å². The summed E-state index contributed by atoms with van der Waals surface area (Å²) in [5, 5.41) is 0. The molecule has 0 aromatic heterocycles. The van der Waals surface area contributed by atoms with Crippen LogP contribution in [-0.2, 0) is 0 Å². The first-order chi connectivity index (χ1) is 4.77. The Morgan fingerprint density at radius 3 is 1.45 bits per heavy atom. The van der Waals surface area contributed by atoms with E-state index >= 15 is 0 Å². The molecule has 0 spiro atoms. The first-order valence-electron chi connectivity index (χ1n) is 4.41. The van der Waals surface area contributed by atoms with Gasteiger partial charge in [-0.15, -0.1) is 6.58 Å². The van der Waals surface area contributed by atoms with E-state index in [2.05, 4.69) is 48.1 Å². The molecule has 0 aliphatic heterocycles. The van der Waals surface area contributed by atoms with Gasteiger partial charge in [0.25, 0.3) is 0 Å². The minimum Gasteiger partial charge on any atom is -0.100 e. The van der Waals surface area contributed by atoms with Crippen molar-refractivity contribution in [3.63, 3.8) is 0 Å². The highest BCUT2D eigenvalue weighted by Gasteiger charge is 1.95. The Balaban J connectivity index is 0. The van der Waals surface area contributed by atoms with Crippen LogP contribution in [0, 0.1) is 5.41 Å². The van der Waals surface area contributed by atoms with Crippen molar-refractivity contribution in [3.05, 3.63) is 12.2 Å². The zero-order valence-corrected chi connectivity index (χ0v) is 9.12. The van der Waals surface area contributed by atoms with E-state index in [0.29, 0.717) is 5.41 Å². The molecule has 0 heteroatoms. The molecule has 0 rings (SSSR count). The Morgan fingerprint density at radius 2 is 1.45 bits per heavy atom. The molecule has 0 unspecified atom stereocenters. The van der Waals surface area contributed by atoms with Gasteiger partial charge in [0.05, 0.1) is 0 Å². The molecule has 0 heterocycles. The second kappa shape index (κ2) is 6.45. The Hall–Kier alpha value is -0.260. The van der Waals surface area contributed by atoms with E-state index in [1.807, 2.05) is 0 Å². The van der Waals surface area contributed by atoms with Gasteiger partial charge < -0.3 is 0 Å². The van der Waals surface area contributed by atoms with Crippen LogP contribution in [0.1, 0.15) is 54.4 Å². The Morgan fingerprint density at radius 1 is 1.18 bits per heavy atom. The van der Waals surface area contributed by atoms with E-state index in [0.717, 1.165) is 0 Å². The maximum absolute atomic E-state index is 3.74. The molecule has 0 aromatic carbocycles. The van der Waals surface area contributed by atoms with Crippen LogP contribution in [0.4, 0.5) is 0 Å². The highest BCUT2D eigenvalue weighted by atomic mass is 14.0. The summed E-state index contributed by atoms with van der Waals surface area (Å²) in [5.74, 6) is 0. The predicted octanol–water partition coefficient (Wildman–Crippen LogP) is 4.42. The SMILES string of the molecule is C=C(C)CCC.CC(C)(C)C.